The van der Waals surface area contributed by atoms with Crippen LogP contribution < -0.4 is 0 Å². The minimum absolute atomic E-state index is 0.368. The molecular formula is C18H21BrN2. The van der Waals surface area contributed by atoms with Gasteiger partial charge in [0.25, 0.3) is 0 Å². The molecule has 1 heterocycles. The predicted molar refractivity (Wildman–Crippen MR) is 88.4 cm³/mol. The zero-order valence-corrected chi connectivity index (χ0v) is 14.0. The molecule has 0 radical (unpaired) electrons. The number of H-pyrrole nitrogens is 1. The SMILES string of the molecule is Cc1cc(Br)cc2[nH]c(C34CC5CC(CC(C5)C3)C4)nc12. The normalized spacial score (nSPS) is 37.5. The number of imidazole rings is 1. The number of hydrogen-bond donors (Lipinski definition) is 1. The molecule has 4 saturated carbocycles. The number of aromatic nitrogens is 2. The van der Waals surface area contributed by atoms with Gasteiger partial charge in [0.05, 0.1) is 11.0 Å². The summed E-state index contributed by atoms with van der Waals surface area (Å²) in [5.41, 5.74) is 4.01. The second-order valence-electron chi connectivity index (χ2n) is 7.90. The first kappa shape index (κ1) is 12.7. The first-order chi connectivity index (χ1) is 10.1. The van der Waals surface area contributed by atoms with Crippen LogP contribution in [-0.4, -0.2) is 9.97 Å². The molecular weight excluding hydrogens is 324 g/mol. The Kier molecular flexibility index (Phi) is 2.49. The number of benzene rings is 1. The van der Waals surface area contributed by atoms with Crippen LogP contribution >= 0.6 is 15.9 Å². The van der Waals surface area contributed by atoms with Gasteiger partial charge in [0, 0.05) is 9.89 Å². The summed E-state index contributed by atoms with van der Waals surface area (Å²) in [5, 5.41) is 0. The molecule has 1 N–H and O–H groups in total. The lowest BCUT2D eigenvalue weighted by Crippen LogP contribution is -2.49. The van der Waals surface area contributed by atoms with Crippen LogP contribution in [0.3, 0.4) is 0 Å². The number of halogens is 1. The summed E-state index contributed by atoms with van der Waals surface area (Å²) in [4.78, 5) is 8.76. The molecule has 0 aliphatic heterocycles. The Bertz CT molecular complexity index is 695. The zero-order valence-electron chi connectivity index (χ0n) is 12.5. The van der Waals surface area contributed by atoms with Gasteiger partial charge in [-0.25, -0.2) is 4.98 Å². The molecule has 1 aromatic heterocycles. The van der Waals surface area contributed by atoms with E-state index in [0.29, 0.717) is 5.41 Å². The number of fused-ring (bicyclic) bond motifs is 1. The van der Waals surface area contributed by atoms with Crippen LogP contribution in [-0.2, 0) is 5.41 Å². The smallest absolute Gasteiger partial charge is 0.113 e. The molecule has 0 saturated heterocycles. The first-order valence-electron chi connectivity index (χ1n) is 8.28. The molecule has 4 aliphatic rings. The van der Waals surface area contributed by atoms with Crippen molar-refractivity contribution in [3.05, 3.63) is 28.0 Å². The number of aromatic amines is 1. The topological polar surface area (TPSA) is 28.7 Å². The molecule has 4 fully saturated rings. The van der Waals surface area contributed by atoms with Crippen molar-refractivity contribution >= 4 is 27.0 Å². The molecule has 4 bridgehead atoms. The van der Waals surface area contributed by atoms with Gasteiger partial charge in [0.2, 0.25) is 0 Å². The lowest BCUT2D eigenvalue weighted by Gasteiger charge is -2.55. The summed E-state index contributed by atoms with van der Waals surface area (Å²) < 4.78 is 1.15. The Hall–Kier alpha value is -0.830. The lowest BCUT2D eigenvalue weighted by molar-refractivity contribution is -0.00887. The molecule has 2 nitrogen and oxygen atoms in total. The lowest BCUT2D eigenvalue weighted by atomic mass is 9.49. The molecule has 3 heteroatoms. The Morgan fingerprint density at radius 2 is 1.71 bits per heavy atom. The highest BCUT2D eigenvalue weighted by molar-refractivity contribution is 9.10. The van der Waals surface area contributed by atoms with Crippen LogP contribution in [0.5, 0.6) is 0 Å². The van der Waals surface area contributed by atoms with Crippen LogP contribution in [0.25, 0.3) is 11.0 Å². The molecule has 1 aromatic carbocycles. The van der Waals surface area contributed by atoms with Crippen LogP contribution in [0.4, 0.5) is 0 Å². The average molecular weight is 345 g/mol. The van der Waals surface area contributed by atoms with E-state index in [4.69, 9.17) is 4.98 Å². The van der Waals surface area contributed by atoms with E-state index in [-0.39, 0.29) is 0 Å². The fourth-order valence-electron chi connectivity index (χ4n) is 5.90. The van der Waals surface area contributed by atoms with Crippen LogP contribution in [0.2, 0.25) is 0 Å². The number of rotatable bonds is 1. The van der Waals surface area contributed by atoms with Crippen molar-refractivity contribution in [2.24, 2.45) is 17.8 Å². The Morgan fingerprint density at radius 3 is 2.33 bits per heavy atom. The van der Waals surface area contributed by atoms with Crippen molar-refractivity contribution in [2.75, 3.05) is 0 Å². The van der Waals surface area contributed by atoms with E-state index in [1.165, 1.54) is 60.9 Å². The van der Waals surface area contributed by atoms with Crippen molar-refractivity contribution in [2.45, 2.75) is 50.9 Å². The highest BCUT2D eigenvalue weighted by Crippen LogP contribution is 2.60. The van der Waals surface area contributed by atoms with Crippen LogP contribution in [0, 0.1) is 24.7 Å². The Morgan fingerprint density at radius 1 is 1.10 bits per heavy atom. The number of nitrogens with zero attached hydrogens (tertiary/aromatic N) is 1. The quantitative estimate of drug-likeness (QED) is 0.765. The fraction of sp³-hybridized carbons (Fsp3) is 0.611. The molecule has 0 amide bonds. The van der Waals surface area contributed by atoms with E-state index < -0.39 is 0 Å². The maximum Gasteiger partial charge on any atom is 0.113 e. The van der Waals surface area contributed by atoms with Crippen molar-refractivity contribution in [1.82, 2.24) is 9.97 Å². The fourth-order valence-corrected chi connectivity index (χ4v) is 6.47. The summed E-state index contributed by atoms with van der Waals surface area (Å²) in [7, 11) is 0. The largest absolute Gasteiger partial charge is 0.341 e. The number of hydrogen-bond acceptors (Lipinski definition) is 1. The van der Waals surface area contributed by atoms with Gasteiger partial charge in [-0.3, -0.25) is 0 Å². The maximum absolute atomic E-state index is 5.07. The van der Waals surface area contributed by atoms with Gasteiger partial charge in [-0.15, -0.1) is 0 Å². The number of aryl methyl sites for hydroxylation is 1. The van der Waals surface area contributed by atoms with Gasteiger partial charge in [0.1, 0.15) is 5.82 Å². The molecule has 0 unspecified atom stereocenters. The van der Waals surface area contributed by atoms with Gasteiger partial charge in [0.15, 0.2) is 0 Å². The highest BCUT2D eigenvalue weighted by Gasteiger charge is 2.53. The van der Waals surface area contributed by atoms with Crippen LogP contribution in [0.1, 0.15) is 49.9 Å². The predicted octanol–water partition coefficient (Wildman–Crippen LogP) is 5.10. The maximum atomic E-state index is 5.07. The number of nitrogens with one attached hydrogen (secondary N) is 1. The molecule has 110 valence electrons. The summed E-state index contributed by atoms with van der Waals surface area (Å²) in [6.45, 7) is 2.16. The van der Waals surface area contributed by atoms with Gasteiger partial charge >= 0.3 is 0 Å². The van der Waals surface area contributed by atoms with Crippen molar-refractivity contribution in [1.29, 1.82) is 0 Å². The average Bonchev–Trinajstić information content (AvgIpc) is 2.82. The summed E-state index contributed by atoms with van der Waals surface area (Å²) in [5.74, 6) is 4.20. The molecule has 21 heavy (non-hydrogen) atoms. The molecule has 0 spiro atoms. The molecule has 4 aliphatic carbocycles. The van der Waals surface area contributed by atoms with Gasteiger partial charge in [-0.05, 0) is 80.9 Å². The van der Waals surface area contributed by atoms with Crippen LogP contribution in [0.15, 0.2) is 16.6 Å². The highest BCUT2D eigenvalue weighted by atomic mass is 79.9. The summed E-state index contributed by atoms with van der Waals surface area (Å²) in [6, 6.07) is 4.35. The first-order valence-corrected chi connectivity index (χ1v) is 9.07. The second-order valence-corrected chi connectivity index (χ2v) is 8.82. The molecule has 6 rings (SSSR count). The summed E-state index contributed by atoms with van der Waals surface area (Å²) >= 11 is 3.61. The standard InChI is InChI=1S/C18H21BrN2/c1-10-2-14(19)6-15-16(10)21-17(20-15)18-7-11-3-12(8-18)5-13(4-11)9-18/h2,6,11-13H,3-5,7-9H2,1H3,(H,20,21). The summed E-state index contributed by atoms with van der Waals surface area (Å²) in [6.07, 6.45) is 8.59. The second kappa shape index (κ2) is 4.13. The molecule has 0 atom stereocenters. The third kappa shape index (κ3) is 1.79. The van der Waals surface area contributed by atoms with E-state index in [1.54, 1.807) is 0 Å². The van der Waals surface area contributed by atoms with Crippen molar-refractivity contribution in [3.8, 4) is 0 Å². The van der Waals surface area contributed by atoms with E-state index in [0.717, 1.165) is 22.2 Å². The molecule has 2 aromatic rings. The van der Waals surface area contributed by atoms with E-state index in [1.807, 2.05) is 0 Å². The third-order valence-electron chi connectivity index (χ3n) is 6.28. The van der Waals surface area contributed by atoms with Gasteiger partial charge in [-0.1, -0.05) is 15.9 Å². The van der Waals surface area contributed by atoms with E-state index in [2.05, 4.69) is 40.0 Å². The van der Waals surface area contributed by atoms with Crippen molar-refractivity contribution in [3.63, 3.8) is 0 Å². The van der Waals surface area contributed by atoms with E-state index >= 15 is 0 Å². The monoisotopic (exact) mass is 344 g/mol. The van der Waals surface area contributed by atoms with E-state index in [9.17, 15) is 0 Å². The van der Waals surface area contributed by atoms with Gasteiger partial charge < -0.3 is 4.98 Å². The van der Waals surface area contributed by atoms with Gasteiger partial charge in [-0.2, -0.15) is 0 Å². The zero-order chi connectivity index (χ0) is 14.2. The third-order valence-corrected chi connectivity index (χ3v) is 6.74. The van der Waals surface area contributed by atoms with Crippen molar-refractivity contribution < 1.29 is 0 Å². The Balaban J connectivity index is 1.65. The Labute approximate surface area is 133 Å². The minimum atomic E-state index is 0.368. The minimum Gasteiger partial charge on any atom is -0.341 e.